The van der Waals surface area contributed by atoms with Crippen LogP contribution in [0.1, 0.15) is 27.6 Å². The van der Waals surface area contributed by atoms with E-state index in [4.69, 9.17) is 14.2 Å². The van der Waals surface area contributed by atoms with Gasteiger partial charge in [-0.25, -0.2) is 0 Å². The molecule has 6 heteroatoms. The number of nitrogens with zero attached hydrogens (tertiary/aromatic N) is 1. The van der Waals surface area contributed by atoms with Crippen molar-refractivity contribution in [2.24, 2.45) is 0 Å². The third kappa shape index (κ3) is 3.03. The van der Waals surface area contributed by atoms with Gasteiger partial charge in [0.2, 0.25) is 0 Å². The number of ketones is 1. The Hall–Kier alpha value is -3.02. The topological polar surface area (TPSA) is 65.1 Å². The highest BCUT2D eigenvalue weighted by Gasteiger charge is 2.29. The number of ether oxygens (including phenoxy) is 3. The van der Waals surface area contributed by atoms with Crippen molar-refractivity contribution in [3.05, 3.63) is 47.5 Å². The highest BCUT2D eigenvalue weighted by molar-refractivity contribution is 6.11. The van der Waals surface area contributed by atoms with E-state index in [0.29, 0.717) is 47.2 Å². The van der Waals surface area contributed by atoms with Crippen LogP contribution in [0.3, 0.4) is 0 Å². The number of rotatable bonds is 4. The molecule has 3 rings (SSSR count). The summed E-state index contributed by atoms with van der Waals surface area (Å²) in [7, 11) is 3.01. The summed E-state index contributed by atoms with van der Waals surface area (Å²) in [6, 6.07) is 10.3. The van der Waals surface area contributed by atoms with Crippen LogP contribution in [-0.2, 0) is 0 Å². The van der Waals surface area contributed by atoms with Crippen LogP contribution in [0.25, 0.3) is 0 Å². The maximum Gasteiger partial charge on any atom is 0.266 e. The molecular weight excluding hydrogens is 322 g/mol. The Morgan fingerprint density at radius 2 is 1.76 bits per heavy atom. The molecule has 2 aromatic rings. The Balaban J connectivity index is 2.09. The van der Waals surface area contributed by atoms with Gasteiger partial charge in [0, 0.05) is 5.56 Å². The number of carbonyl (C=O) groups excluding carboxylic acids is 2. The second-order valence-corrected chi connectivity index (χ2v) is 5.58. The molecule has 0 saturated heterocycles. The summed E-state index contributed by atoms with van der Waals surface area (Å²) < 4.78 is 16.3. The van der Waals surface area contributed by atoms with Crippen molar-refractivity contribution in [1.82, 2.24) is 0 Å². The van der Waals surface area contributed by atoms with Gasteiger partial charge in [-0.3, -0.25) is 9.59 Å². The SMILES string of the molecule is COc1cccc(OC)c1C(=O)N1CCOc2ccc(C(C)=O)cc21. The van der Waals surface area contributed by atoms with Crippen molar-refractivity contribution in [3.63, 3.8) is 0 Å². The van der Waals surface area contributed by atoms with E-state index in [-0.39, 0.29) is 11.7 Å². The van der Waals surface area contributed by atoms with Crippen LogP contribution in [0.2, 0.25) is 0 Å². The largest absolute Gasteiger partial charge is 0.496 e. The number of benzene rings is 2. The monoisotopic (exact) mass is 341 g/mol. The average Bonchev–Trinajstić information content (AvgIpc) is 2.65. The zero-order valence-electron chi connectivity index (χ0n) is 14.4. The Kier molecular flexibility index (Phi) is 4.61. The summed E-state index contributed by atoms with van der Waals surface area (Å²) in [5, 5.41) is 0. The average molecular weight is 341 g/mol. The Morgan fingerprint density at radius 1 is 1.08 bits per heavy atom. The van der Waals surface area contributed by atoms with Crippen molar-refractivity contribution < 1.29 is 23.8 Å². The second-order valence-electron chi connectivity index (χ2n) is 5.58. The van der Waals surface area contributed by atoms with E-state index >= 15 is 0 Å². The Labute approximate surface area is 145 Å². The van der Waals surface area contributed by atoms with Gasteiger partial charge in [-0.15, -0.1) is 0 Å². The van der Waals surface area contributed by atoms with Crippen molar-refractivity contribution in [2.45, 2.75) is 6.92 Å². The molecule has 6 nitrogen and oxygen atoms in total. The first kappa shape index (κ1) is 16.8. The molecule has 0 spiro atoms. The lowest BCUT2D eigenvalue weighted by Crippen LogP contribution is -2.38. The summed E-state index contributed by atoms with van der Waals surface area (Å²) in [6.07, 6.45) is 0. The van der Waals surface area contributed by atoms with Gasteiger partial charge in [0.15, 0.2) is 5.78 Å². The normalized spacial score (nSPS) is 12.8. The molecule has 0 unspecified atom stereocenters. The molecule has 0 N–H and O–H groups in total. The van der Waals surface area contributed by atoms with E-state index in [2.05, 4.69) is 0 Å². The number of methoxy groups -OCH3 is 2. The third-order valence-corrected chi connectivity index (χ3v) is 4.12. The van der Waals surface area contributed by atoms with Crippen LogP contribution >= 0.6 is 0 Å². The first-order valence-electron chi connectivity index (χ1n) is 7.87. The summed E-state index contributed by atoms with van der Waals surface area (Å²) >= 11 is 0. The minimum atomic E-state index is -0.264. The van der Waals surface area contributed by atoms with Crippen LogP contribution < -0.4 is 19.1 Å². The molecule has 25 heavy (non-hydrogen) atoms. The van der Waals surface area contributed by atoms with Crippen LogP contribution in [0, 0.1) is 0 Å². The first-order chi connectivity index (χ1) is 12.1. The lowest BCUT2D eigenvalue weighted by atomic mass is 10.1. The number of hydrogen-bond donors (Lipinski definition) is 0. The highest BCUT2D eigenvalue weighted by Crippen LogP contribution is 2.37. The van der Waals surface area contributed by atoms with Gasteiger partial charge in [-0.2, -0.15) is 0 Å². The van der Waals surface area contributed by atoms with Gasteiger partial charge in [-0.05, 0) is 37.3 Å². The number of Topliss-reactive ketones (excluding diaryl/α,β-unsaturated/α-hetero) is 1. The number of carbonyl (C=O) groups is 2. The van der Waals surface area contributed by atoms with Crippen LogP contribution in [-0.4, -0.2) is 39.1 Å². The van der Waals surface area contributed by atoms with Gasteiger partial charge in [0.1, 0.15) is 29.4 Å². The van der Waals surface area contributed by atoms with Crippen molar-refractivity contribution in [3.8, 4) is 17.2 Å². The molecule has 0 radical (unpaired) electrons. The molecule has 130 valence electrons. The minimum absolute atomic E-state index is 0.0735. The third-order valence-electron chi connectivity index (χ3n) is 4.12. The first-order valence-corrected chi connectivity index (χ1v) is 7.87. The maximum atomic E-state index is 13.2. The van der Waals surface area contributed by atoms with Crippen LogP contribution in [0.4, 0.5) is 5.69 Å². The molecule has 0 atom stereocenters. The predicted molar refractivity (Wildman–Crippen MR) is 93.2 cm³/mol. The van der Waals surface area contributed by atoms with Gasteiger partial charge >= 0.3 is 0 Å². The van der Waals surface area contributed by atoms with E-state index in [1.54, 1.807) is 41.3 Å². The Bertz CT molecular complexity index is 808. The quantitative estimate of drug-likeness (QED) is 0.800. The van der Waals surface area contributed by atoms with Gasteiger partial charge in [0.05, 0.1) is 26.5 Å². The standard InChI is InChI=1S/C19H19NO5/c1-12(21)13-7-8-15-14(11-13)20(9-10-25-15)19(22)18-16(23-2)5-4-6-17(18)24-3/h4-8,11H,9-10H2,1-3H3. The van der Waals surface area contributed by atoms with E-state index in [1.165, 1.54) is 21.1 Å². The molecule has 0 aromatic heterocycles. The molecular formula is C19H19NO5. The summed E-state index contributed by atoms with van der Waals surface area (Å²) in [6.45, 7) is 2.23. The van der Waals surface area contributed by atoms with Crippen LogP contribution in [0.15, 0.2) is 36.4 Å². The lowest BCUT2D eigenvalue weighted by Gasteiger charge is -2.30. The fourth-order valence-electron chi connectivity index (χ4n) is 2.84. The zero-order chi connectivity index (χ0) is 18.0. The number of anilines is 1. The number of amides is 1. The fourth-order valence-corrected chi connectivity index (χ4v) is 2.84. The summed E-state index contributed by atoms with van der Waals surface area (Å²) in [4.78, 5) is 26.5. The molecule has 1 aliphatic rings. The molecule has 0 bridgehead atoms. The van der Waals surface area contributed by atoms with Crippen molar-refractivity contribution >= 4 is 17.4 Å². The predicted octanol–water partition coefficient (Wildman–Crippen LogP) is 2.95. The number of fused-ring (bicyclic) bond motifs is 1. The summed E-state index contributed by atoms with van der Waals surface area (Å²) in [5.74, 6) is 1.09. The molecule has 0 saturated carbocycles. The molecule has 0 fully saturated rings. The summed E-state index contributed by atoms with van der Waals surface area (Å²) in [5.41, 5.74) is 1.43. The molecule has 1 aliphatic heterocycles. The zero-order valence-corrected chi connectivity index (χ0v) is 14.4. The van der Waals surface area contributed by atoms with E-state index < -0.39 is 0 Å². The van der Waals surface area contributed by atoms with Gasteiger partial charge < -0.3 is 19.1 Å². The van der Waals surface area contributed by atoms with Crippen molar-refractivity contribution in [2.75, 3.05) is 32.3 Å². The van der Waals surface area contributed by atoms with Gasteiger partial charge in [0.25, 0.3) is 5.91 Å². The fraction of sp³-hybridized carbons (Fsp3) is 0.263. The number of hydrogen-bond acceptors (Lipinski definition) is 5. The molecule has 2 aromatic carbocycles. The van der Waals surface area contributed by atoms with E-state index in [1.807, 2.05) is 0 Å². The second kappa shape index (κ2) is 6.84. The highest BCUT2D eigenvalue weighted by atomic mass is 16.5. The lowest BCUT2D eigenvalue weighted by molar-refractivity contribution is 0.0967. The van der Waals surface area contributed by atoms with Crippen molar-refractivity contribution in [1.29, 1.82) is 0 Å². The molecule has 1 heterocycles. The van der Waals surface area contributed by atoms with Crippen LogP contribution in [0.5, 0.6) is 17.2 Å². The molecule has 1 amide bonds. The Morgan fingerprint density at radius 3 is 2.36 bits per heavy atom. The minimum Gasteiger partial charge on any atom is -0.496 e. The van der Waals surface area contributed by atoms with E-state index in [9.17, 15) is 9.59 Å². The smallest absolute Gasteiger partial charge is 0.266 e. The van der Waals surface area contributed by atoms with E-state index in [0.717, 1.165) is 0 Å². The molecule has 0 aliphatic carbocycles. The maximum absolute atomic E-state index is 13.2. The van der Waals surface area contributed by atoms with Gasteiger partial charge in [-0.1, -0.05) is 6.07 Å².